The number of hydrogen-bond donors (Lipinski definition) is 3. The monoisotopic (exact) mass is 381 g/mol. The molecule has 1 fully saturated rings. The van der Waals surface area contributed by atoms with E-state index < -0.39 is 0 Å². The molecule has 1 saturated heterocycles. The fraction of sp³-hybridized carbons (Fsp3) is 0.364. The molecule has 0 unspecified atom stereocenters. The van der Waals surface area contributed by atoms with Crippen molar-refractivity contribution in [2.45, 2.75) is 12.8 Å². The molecule has 1 heterocycles. The lowest BCUT2D eigenvalue weighted by Crippen LogP contribution is -2.47. The minimum absolute atomic E-state index is 0.0146. The number of anilines is 1. The highest BCUT2D eigenvalue weighted by atomic mass is 16.5. The Kier molecular flexibility index (Phi) is 6.79. The molecule has 0 atom stereocenters. The van der Waals surface area contributed by atoms with Gasteiger partial charge >= 0.3 is 0 Å². The van der Waals surface area contributed by atoms with Crippen LogP contribution in [0.25, 0.3) is 0 Å². The number of amides is 2. The average Bonchev–Trinajstić information content (AvgIpc) is 2.74. The van der Waals surface area contributed by atoms with Gasteiger partial charge in [-0.25, -0.2) is 0 Å². The molecule has 0 aromatic heterocycles. The normalized spacial score (nSPS) is 15.6. The third-order valence-corrected chi connectivity index (χ3v) is 5.18. The van der Waals surface area contributed by atoms with Crippen LogP contribution in [-0.4, -0.2) is 45.2 Å². The zero-order chi connectivity index (χ0) is 19.8. The Bertz CT molecular complexity index is 779. The first-order chi connectivity index (χ1) is 13.6. The highest BCUT2D eigenvalue weighted by molar-refractivity contribution is 6.04. The lowest BCUT2D eigenvalue weighted by Gasteiger charge is -2.37. The van der Waals surface area contributed by atoms with Crippen LogP contribution >= 0.6 is 0 Å². The molecule has 1 aliphatic heterocycles. The minimum Gasteiger partial charge on any atom is -0.384 e. The first-order valence-electron chi connectivity index (χ1n) is 9.56. The maximum Gasteiger partial charge on any atom is 0.255 e. The van der Waals surface area contributed by atoms with Crippen molar-refractivity contribution < 1.29 is 14.3 Å². The van der Waals surface area contributed by atoms with Crippen molar-refractivity contribution in [2.75, 3.05) is 38.7 Å². The summed E-state index contributed by atoms with van der Waals surface area (Å²) in [5.41, 5.74) is 1.80. The van der Waals surface area contributed by atoms with Gasteiger partial charge in [-0.05, 0) is 62.3 Å². The first-order valence-corrected chi connectivity index (χ1v) is 9.56. The van der Waals surface area contributed by atoms with Gasteiger partial charge in [0.05, 0.1) is 6.61 Å². The molecule has 148 valence electrons. The molecule has 0 radical (unpaired) electrons. The van der Waals surface area contributed by atoms with Crippen LogP contribution in [0, 0.1) is 5.41 Å². The molecule has 0 aliphatic carbocycles. The van der Waals surface area contributed by atoms with Gasteiger partial charge < -0.3 is 20.7 Å². The molecule has 2 aromatic carbocycles. The molecule has 2 amide bonds. The number of carbonyl (C=O) groups is 2. The average molecular weight is 381 g/mol. The van der Waals surface area contributed by atoms with Crippen LogP contribution < -0.4 is 16.0 Å². The highest BCUT2D eigenvalue weighted by Gasteiger charge is 2.32. The highest BCUT2D eigenvalue weighted by Crippen LogP contribution is 2.28. The predicted molar refractivity (Wildman–Crippen MR) is 110 cm³/mol. The Morgan fingerprint density at radius 1 is 0.964 bits per heavy atom. The molecule has 3 N–H and O–H groups in total. The number of carbonyl (C=O) groups excluding carboxylic acids is 2. The minimum atomic E-state index is -0.176. The molecule has 0 spiro atoms. The Morgan fingerprint density at radius 3 is 2.25 bits per heavy atom. The third kappa shape index (κ3) is 5.18. The molecule has 6 nitrogen and oxygen atoms in total. The van der Waals surface area contributed by atoms with Gasteiger partial charge in [-0.1, -0.05) is 18.2 Å². The lowest BCUT2D eigenvalue weighted by atomic mass is 9.79. The number of rotatable bonds is 7. The maximum atomic E-state index is 12.5. The number of benzene rings is 2. The van der Waals surface area contributed by atoms with Crippen LogP contribution in [0.3, 0.4) is 0 Å². The second-order valence-corrected chi connectivity index (χ2v) is 7.26. The summed E-state index contributed by atoms with van der Waals surface area (Å²) in [5, 5.41) is 9.23. The van der Waals surface area contributed by atoms with Crippen LogP contribution in [-0.2, 0) is 4.74 Å². The summed E-state index contributed by atoms with van der Waals surface area (Å²) >= 11 is 0. The lowest BCUT2D eigenvalue weighted by molar-refractivity contribution is 0.0512. The van der Waals surface area contributed by atoms with Crippen LogP contribution in [0.2, 0.25) is 0 Å². The van der Waals surface area contributed by atoms with Gasteiger partial charge in [0.25, 0.3) is 11.8 Å². The summed E-state index contributed by atoms with van der Waals surface area (Å²) in [6, 6.07) is 16.0. The molecule has 1 aliphatic rings. The van der Waals surface area contributed by atoms with Gasteiger partial charge in [-0.15, -0.1) is 0 Å². The van der Waals surface area contributed by atoms with Gasteiger partial charge in [0, 0.05) is 35.9 Å². The summed E-state index contributed by atoms with van der Waals surface area (Å²) < 4.78 is 5.39. The number of methoxy groups -OCH3 is 1. The second-order valence-electron chi connectivity index (χ2n) is 7.26. The molecule has 0 saturated carbocycles. The van der Waals surface area contributed by atoms with E-state index in [1.54, 1.807) is 43.5 Å². The maximum absolute atomic E-state index is 12.5. The van der Waals surface area contributed by atoms with Crippen molar-refractivity contribution in [1.29, 1.82) is 0 Å². The second kappa shape index (κ2) is 9.48. The SMILES string of the molecule is COCC1(CNC(=O)c2ccc(NC(=O)c3ccccc3)cc2)CCNCC1. The molecule has 6 heteroatoms. The van der Waals surface area contributed by atoms with Crippen molar-refractivity contribution in [3.05, 3.63) is 65.7 Å². The Hall–Kier alpha value is -2.70. The summed E-state index contributed by atoms with van der Waals surface area (Å²) in [6.45, 7) is 3.11. The smallest absolute Gasteiger partial charge is 0.255 e. The number of hydrogen-bond acceptors (Lipinski definition) is 4. The van der Waals surface area contributed by atoms with E-state index in [-0.39, 0.29) is 17.2 Å². The molecule has 0 bridgehead atoms. The molecule has 28 heavy (non-hydrogen) atoms. The summed E-state index contributed by atoms with van der Waals surface area (Å²) in [7, 11) is 1.70. The molecule has 2 aromatic rings. The van der Waals surface area contributed by atoms with Crippen LogP contribution in [0.15, 0.2) is 54.6 Å². The van der Waals surface area contributed by atoms with E-state index in [2.05, 4.69) is 16.0 Å². The fourth-order valence-corrected chi connectivity index (χ4v) is 3.50. The number of ether oxygens (including phenoxy) is 1. The summed E-state index contributed by atoms with van der Waals surface area (Å²) in [5.74, 6) is -0.292. The van der Waals surface area contributed by atoms with E-state index in [0.717, 1.165) is 25.9 Å². The van der Waals surface area contributed by atoms with Crippen LogP contribution in [0.1, 0.15) is 33.6 Å². The van der Waals surface area contributed by atoms with Crippen molar-refractivity contribution in [1.82, 2.24) is 10.6 Å². The summed E-state index contributed by atoms with van der Waals surface area (Å²) in [6.07, 6.45) is 1.96. The van der Waals surface area contributed by atoms with Crippen molar-refractivity contribution in [3.63, 3.8) is 0 Å². The third-order valence-electron chi connectivity index (χ3n) is 5.18. The van der Waals surface area contributed by atoms with E-state index in [9.17, 15) is 9.59 Å². The number of piperidine rings is 1. The van der Waals surface area contributed by atoms with Crippen molar-refractivity contribution >= 4 is 17.5 Å². The quantitative estimate of drug-likeness (QED) is 0.689. The van der Waals surface area contributed by atoms with E-state index in [1.807, 2.05) is 18.2 Å². The fourth-order valence-electron chi connectivity index (χ4n) is 3.50. The Balaban J connectivity index is 1.56. The van der Waals surface area contributed by atoms with Crippen LogP contribution in [0.5, 0.6) is 0 Å². The van der Waals surface area contributed by atoms with E-state index in [0.29, 0.717) is 30.0 Å². The molecular weight excluding hydrogens is 354 g/mol. The molecule has 3 rings (SSSR count). The largest absolute Gasteiger partial charge is 0.384 e. The van der Waals surface area contributed by atoms with Gasteiger partial charge in [0.15, 0.2) is 0 Å². The Morgan fingerprint density at radius 2 is 1.61 bits per heavy atom. The van der Waals surface area contributed by atoms with Gasteiger partial charge in [-0.2, -0.15) is 0 Å². The standard InChI is InChI=1S/C22H27N3O3/c1-28-16-22(11-13-23-14-12-22)15-24-20(26)18-7-9-19(10-8-18)25-21(27)17-5-3-2-4-6-17/h2-10,23H,11-16H2,1H3,(H,24,26)(H,25,27). The molecular formula is C22H27N3O3. The van der Waals surface area contributed by atoms with E-state index in [1.165, 1.54) is 0 Å². The van der Waals surface area contributed by atoms with Gasteiger partial charge in [-0.3, -0.25) is 9.59 Å². The Labute approximate surface area is 165 Å². The summed E-state index contributed by atoms with van der Waals surface area (Å²) in [4.78, 5) is 24.7. The first kappa shape index (κ1) is 20.0. The van der Waals surface area contributed by atoms with Gasteiger partial charge in [0.1, 0.15) is 0 Å². The van der Waals surface area contributed by atoms with Crippen molar-refractivity contribution in [3.8, 4) is 0 Å². The van der Waals surface area contributed by atoms with E-state index >= 15 is 0 Å². The number of nitrogens with one attached hydrogen (secondary N) is 3. The zero-order valence-corrected chi connectivity index (χ0v) is 16.2. The predicted octanol–water partition coefficient (Wildman–Crippen LogP) is 2.68. The van der Waals surface area contributed by atoms with E-state index in [4.69, 9.17) is 4.74 Å². The van der Waals surface area contributed by atoms with Crippen molar-refractivity contribution in [2.24, 2.45) is 5.41 Å². The topological polar surface area (TPSA) is 79.5 Å². The zero-order valence-electron chi connectivity index (χ0n) is 16.2. The van der Waals surface area contributed by atoms with Gasteiger partial charge in [0.2, 0.25) is 0 Å². The van der Waals surface area contributed by atoms with Crippen LogP contribution in [0.4, 0.5) is 5.69 Å².